The average Bonchev–Trinajstić information content (AvgIpc) is 2.16. The van der Waals surface area contributed by atoms with Crippen LogP contribution >= 0.6 is 0 Å². The van der Waals surface area contributed by atoms with Gasteiger partial charge in [-0.1, -0.05) is 35.7 Å². The van der Waals surface area contributed by atoms with Crippen LogP contribution in [-0.4, -0.2) is 6.04 Å². The standard InChI is InChI=1S/C14H21N/c1-10-6-11(2)8-13(7-10)12-4-3-5-14(15)9-12/h6-8,12,14H,3-5,9,15H2,1-2H3. The highest BCUT2D eigenvalue weighted by molar-refractivity contribution is 5.31. The van der Waals surface area contributed by atoms with E-state index in [9.17, 15) is 0 Å². The molecule has 2 rings (SSSR count). The first-order valence-electron chi connectivity index (χ1n) is 5.99. The Kier molecular flexibility index (Phi) is 3.11. The summed E-state index contributed by atoms with van der Waals surface area (Å²) in [6.45, 7) is 4.36. The number of hydrogen-bond donors (Lipinski definition) is 1. The molecule has 15 heavy (non-hydrogen) atoms. The van der Waals surface area contributed by atoms with Crippen molar-refractivity contribution in [3.8, 4) is 0 Å². The molecular weight excluding hydrogens is 182 g/mol. The second kappa shape index (κ2) is 4.36. The summed E-state index contributed by atoms with van der Waals surface area (Å²) in [6, 6.07) is 7.32. The number of hydrogen-bond acceptors (Lipinski definition) is 1. The van der Waals surface area contributed by atoms with Crippen LogP contribution in [0.4, 0.5) is 0 Å². The molecule has 1 aromatic rings. The van der Waals surface area contributed by atoms with E-state index < -0.39 is 0 Å². The molecule has 1 saturated carbocycles. The zero-order valence-electron chi connectivity index (χ0n) is 9.79. The zero-order chi connectivity index (χ0) is 10.8. The van der Waals surface area contributed by atoms with Crippen LogP contribution in [0.5, 0.6) is 0 Å². The third-order valence-electron chi connectivity index (χ3n) is 3.43. The maximum Gasteiger partial charge on any atom is 0.00446 e. The first kappa shape index (κ1) is 10.7. The van der Waals surface area contributed by atoms with Gasteiger partial charge in [-0.2, -0.15) is 0 Å². The van der Waals surface area contributed by atoms with Crippen LogP contribution in [0.1, 0.15) is 48.3 Å². The minimum Gasteiger partial charge on any atom is -0.328 e. The molecule has 0 aromatic heterocycles. The third kappa shape index (κ3) is 2.60. The molecule has 0 heterocycles. The Morgan fingerprint density at radius 1 is 1.07 bits per heavy atom. The maximum absolute atomic E-state index is 6.04. The highest BCUT2D eigenvalue weighted by atomic mass is 14.6. The van der Waals surface area contributed by atoms with Gasteiger partial charge in [0.1, 0.15) is 0 Å². The fraction of sp³-hybridized carbons (Fsp3) is 0.571. The molecule has 2 N–H and O–H groups in total. The maximum atomic E-state index is 6.04. The predicted molar refractivity (Wildman–Crippen MR) is 65.1 cm³/mol. The molecule has 2 atom stereocenters. The van der Waals surface area contributed by atoms with E-state index in [2.05, 4.69) is 32.0 Å². The van der Waals surface area contributed by atoms with Crippen LogP contribution in [0.25, 0.3) is 0 Å². The van der Waals surface area contributed by atoms with Gasteiger partial charge in [-0.05, 0) is 44.6 Å². The molecule has 0 radical (unpaired) electrons. The summed E-state index contributed by atoms with van der Waals surface area (Å²) in [4.78, 5) is 0. The van der Waals surface area contributed by atoms with Crippen molar-refractivity contribution in [1.29, 1.82) is 0 Å². The highest BCUT2D eigenvalue weighted by Crippen LogP contribution is 2.32. The minimum absolute atomic E-state index is 0.421. The Morgan fingerprint density at radius 2 is 1.73 bits per heavy atom. The van der Waals surface area contributed by atoms with E-state index in [0.29, 0.717) is 12.0 Å². The Hall–Kier alpha value is -0.820. The first-order valence-corrected chi connectivity index (χ1v) is 5.99. The van der Waals surface area contributed by atoms with Crippen molar-refractivity contribution in [2.24, 2.45) is 5.73 Å². The Bertz CT molecular complexity index is 323. The second-order valence-corrected chi connectivity index (χ2v) is 5.04. The molecule has 1 aliphatic carbocycles. The van der Waals surface area contributed by atoms with Crippen molar-refractivity contribution in [3.05, 3.63) is 34.9 Å². The van der Waals surface area contributed by atoms with Crippen molar-refractivity contribution >= 4 is 0 Å². The number of benzene rings is 1. The average molecular weight is 203 g/mol. The van der Waals surface area contributed by atoms with Gasteiger partial charge in [0.05, 0.1) is 0 Å². The summed E-state index contributed by atoms with van der Waals surface area (Å²) < 4.78 is 0. The molecule has 0 saturated heterocycles. The molecule has 2 unspecified atom stereocenters. The number of aryl methyl sites for hydroxylation is 2. The Morgan fingerprint density at radius 3 is 2.33 bits per heavy atom. The van der Waals surface area contributed by atoms with E-state index in [-0.39, 0.29) is 0 Å². The normalized spacial score (nSPS) is 26.6. The van der Waals surface area contributed by atoms with Gasteiger partial charge in [0.25, 0.3) is 0 Å². The van der Waals surface area contributed by atoms with E-state index in [1.807, 2.05) is 0 Å². The van der Waals surface area contributed by atoms with Gasteiger partial charge in [0.2, 0.25) is 0 Å². The molecule has 82 valence electrons. The molecule has 0 bridgehead atoms. The summed E-state index contributed by atoms with van der Waals surface area (Å²) in [5.41, 5.74) is 10.3. The molecule has 0 amide bonds. The molecule has 1 aliphatic rings. The lowest BCUT2D eigenvalue weighted by Gasteiger charge is -2.27. The second-order valence-electron chi connectivity index (χ2n) is 5.04. The van der Waals surface area contributed by atoms with Gasteiger partial charge in [0, 0.05) is 6.04 Å². The summed E-state index contributed by atoms with van der Waals surface area (Å²) >= 11 is 0. The molecular formula is C14H21N. The van der Waals surface area contributed by atoms with Crippen LogP contribution in [0.3, 0.4) is 0 Å². The summed E-state index contributed by atoms with van der Waals surface area (Å²) in [5.74, 6) is 0.701. The number of rotatable bonds is 1. The molecule has 1 nitrogen and oxygen atoms in total. The smallest absolute Gasteiger partial charge is 0.00446 e. The number of nitrogens with two attached hydrogens (primary N) is 1. The van der Waals surface area contributed by atoms with Crippen LogP contribution < -0.4 is 5.73 Å². The van der Waals surface area contributed by atoms with Crippen molar-refractivity contribution in [2.75, 3.05) is 0 Å². The van der Waals surface area contributed by atoms with Gasteiger partial charge >= 0.3 is 0 Å². The molecule has 1 fully saturated rings. The lowest BCUT2D eigenvalue weighted by atomic mass is 9.81. The van der Waals surface area contributed by atoms with Crippen LogP contribution in [0.15, 0.2) is 18.2 Å². The lowest BCUT2D eigenvalue weighted by Crippen LogP contribution is -2.26. The van der Waals surface area contributed by atoms with E-state index >= 15 is 0 Å². The summed E-state index contributed by atoms with van der Waals surface area (Å²) in [6.07, 6.45) is 4.99. The van der Waals surface area contributed by atoms with Gasteiger partial charge in [-0.15, -0.1) is 0 Å². The van der Waals surface area contributed by atoms with Crippen molar-refractivity contribution in [3.63, 3.8) is 0 Å². The zero-order valence-corrected chi connectivity index (χ0v) is 9.79. The van der Waals surface area contributed by atoms with E-state index in [1.54, 1.807) is 0 Å². The van der Waals surface area contributed by atoms with Gasteiger partial charge < -0.3 is 5.73 Å². The van der Waals surface area contributed by atoms with Crippen LogP contribution in [0.2, 0.25) is 0 Å². The van der Waals surface area contributed by atoms with E-state index in [4.69, 9.17) is 5.73 Å². The van der Waals surface area contributed by atoms with Crippen LogP contribution in [0, 0.1) is 13.8 Å². The largest absolute Gasteiger partial charge is 0.328 e. The molecule has 1 aromatic carbocycles. The van der Waals surface area contributed by atoms with E-state index in [0.717, 1.165) is 0 Å². The fourth-order valence-electron chi connectivity index (χ4n) is 2.78. The quantitative estimate of drug-likeness (QED) is 0.744. The van der Waals surface area contributed by atoms with E-state index in [1.165, 1.54) is 42.4 Å². The Balaban J connectivity index is 2.20. The van der Waals surface area contributed by atoms with Gasteiger partial charge in [-0.3, -0.25) is 0 Å². The van der Waals surface area contributed by atoms with Crippen molar-refractivity contribution in [1.82, 2.24) is 0 Å². The molecule has 0 aliphatic heterocycles. The van der Waals surface area contributed by atoms with Crippen molar-refractivity contribution < 1.29 is 0 Å². The van der Waals surface area contributed by atoms with Gasteiger partial charge in [-0.25, -0.2) is 0 Å². The highest BCUT2D eigenvalue weighted by Gasteiger charge is 2.20. The third-order valence-corrected chi connectivity index (χ3v) is 3.43. The SMILES string of the molecule is Cc1cc(C)cc(C2CCCC(N)C2)c1. The predicted octanol–water partition coefficient (Wildman–Crippen LogP) is 3.29. The lowest BCUT2D eigenvalue weighted by molar-refractivity contribution is 0.393. The van der Waals surface area contributed by atoms with Crippen molar-refractivity contribution in [2.45, 2.75) is 51.5 Å². The summed E-state index contributed by atoms with van der Waals surface area (Å²) in [7, 11) is 0. The van der Waals surface area contributed by atoms with Crippen LogP contribution in [-0.2, 0) is 0 Å². The van der Waals surface area contributed by atoms with Gasteiger partial charge in [0.15, 0.2) is 0 Å². The minimum atomic E-state index is 0.421. The molecule has 0 spiro atoms. The summed E-state index contributed by atoms with van der Waals surface area (Å²) in [5, 5.41) is 0. The topological polar surface area (TPSA) is 26.0 Å². The Labute approximate surface area is 92.7 Å². The molecule has 1 heteroatoms. The first-order chi connectivity index (χ1) is 7.15. The fourth-order valence-corrected chi connectivity index (χ4v) is 2.78. The monoisotopic (exact) mass is 203 g/mol.